The van der Waals surface area contributed by atoms with Crippen molar-refractivity contribution in [1.82, 2.24) is 25.0 Å². The summed E-state index contributed by atoms with van der Waals surface area (Å²) in [6, 6.07) is 11.4. The fourth-order valence-electron chi connectivity index (χ4n) is 2.81. The number of thioether (sulfide) groups is 1. The molecule has 2 aromatic carbocycles. The zero-order chi connectivity index (χ0) is 20.4. The van der Waals surface area contributed by atoms with Crippen molar-refractivity contribution < 1.29 is 9.90 Å². The molecule has 148 valence electrons. The van der Waals surface area contributed by atoms with Crippen LogP contribution in [0.3, 0.4) is 0 Å². The van der Waals surface area contributed by atoms with Crippen LogP contribution in [0.1, 0.15) is 11.9 Å². The molecule has 4 rings (SSSR count). The van der Waals surface area contributed by atoms with Gasteiger partial charge in [0.05, 0.1) is 11.3 Å². The summed E-state index contributed by atoms with van der Waals surface area (Å²) in [5.74, 6) is 0.646. The fraction of sp³-hybridized carbons (Fsp3) is 0.211. The molecule has 0 fully saturated rings. The zero-order valence-corrected chi connectivity index (χ0v) is 17.4. The summed E-state index contributed by atoms with van der Waals surface area (Å²) in [5.41, 5.74) is 0.593. The Morgan fingerprint density at radius 3 is 2.66 bits per heavy atom. The molecule has 2 N–H and O–H groups in total. The Hall–Kier alpha value is -2.98. The second-order valence-corrected chi connectivity index (χ2v) is 8.28. The van der Waals surface area contributed by atoms with Gasteiger partial charge in [0.15, 0.2) is 11.0 Å². The number of hydrogen-bond acceptors (Lipinski definition) is 8. The van der Waals surface area contributed by atoms with Crippen LogP contribution in [0, 0.1) is 0 Å². The van der Waals surface area contributed by atoms with Gasteiger partial charge in [0, 0.05) is 7.05 Å². The van der Waals surface area contributed by atoms with Gasteiger partial charge in [-0.25, -0.2) is 0 Å². The van der Waals surface area contributed by atoms with Gasteiger partial charge in [-0.1, -0.05) is 54.3 Å². The number of fused-ring (bicyclic) bond motifs is 1. The lowest BCUT2D eigenvalue weighted by molar-refractivity contribution is -0.113. The number of nitrogens with zero attached hydrogens (tertiary/aromatic N) is 5. The number of anilines is 1. The normalized spacial score (nSPS) is 11.1. The van der Waals surface area contributed by atoms with Gasteiger partial charge in [-0.05, 0) is 29.3 Å². The summed E-state index contributed by atoms with van der Waals surface area (Å²) in [6.45, 7) is 1.99. The second-order valence-electron chi connectivity index (χ2n) is 6.27. The maximum Gasteiger partial charge on any atom is 0.236 e. The van der Waals surface area contributed by atoms with Crippen molar-refractivity contribution in [3.8, 4) is 17.1 Å². The molecule has 0 radical (unpaired) electrons. The average Bonchev–Trinajstić information content (AvgIpc) is 3.32. The van der Waals surface area contributed by atoms with Crippen LogP contribution in [0.4, 0.5) is 5.13 Å². The van der Waals surface area contributed by atoms with Crippen molar-refractivity contribution in [1.29, 1.82) is 0 Å². The van der Waals surface area contributed by atoms with Crippen LogP contribution in [-0.4, -0.2) is 41.7 Å². The van der Waals surface area contributed by atoms with Gasteiger partial charge < -0.3 is 9.67 Å². The van der Waals surface area contributed by atoms with E-state index in [2.05, 4.69) is 25.7 Å². The third-order valence-corrected chi connectivity index (χ3v) is 6.29. The smallest absolute Gasteiger partial charge is 0.236 e. The number of carbonyl (C=O) groups excluding carboxylic acids is 1. The lowest BCUT2D eigenvalue weighted by Crippen LogP contribution is -2.14. The first-order chi connectivity index (χ1) is 14.0. The highest BCUT2D eigenvalue weighted by molar-refractivity contribution is 7.99. The van der Waals surface area contributed by atoms with E-state index in [-0.39, 0.29) is 17.4 Å². The molecule has 8 nitrogen and oxygen atoms in total. The van der Waals surface area contributed by atoms with Crippen molar-refractivity contribution in [3.63, 3.8) is 0 Å². The van der Waals surface area contributed by atoms with E-state index < -0.39 is 0 Å². The Bertz CT molecular complexity index is 1190. The molecule has 0 saturated carbocycles. The minimum absolute atomic E-state index is 0.136. The summed E-state index contributed by atoms with van der Waals surface area (Å²) < 4.78 is 1.77. The molecule has 0 aliphatic rings. The van der Waals surface area contributed by atoms with Gasteiger partial charge >= 0.3 is 0 Å². The van der Waals surface area contributed by atoms with Crippen LogP contribution in [0.5, 0.6) is 5.75 Å². The highest BCUT2D eigenvalue weighted by atomic mass is 32.2. The topological polar surface area (TPSA) is 106 Å². The van der Waals surface area contributed by atoms with Gasteiger partial charge in [0.1, 0.15) is 10.8 Å². The molecule has 4 aromatic rings. The predicted molar refractivity (Wildman–Crippen MR) is 114 cm³/mol. The number of hydrogen-bond donors (Lipinski definition) is 2. The number of nitrogens with one attached hydrogen (secondary N) is 1. The third kappa shape index (κ3) is 4.08. The number of aromatic nitrogens is 5. The predicted octanol–water partition coefficient (Wildman–Crippen LogP) is 3.49. The summed E-state index contributed by atoms with van der Waals surface area (Å²) in [4.78, 5) is 12.2. The first kappa shape index (κ1) is 19.3. The van der Waals surface area contributed by atoms with Crippen LogP contribution in [0.15, 0.2) is 41.6 Å². The van der Waals surface area contributed by atoms with E-state index in [9.17, 15) is 9.90 Å². The number of amides is 1. The lowest BCUT2D eigenvalue weighted by Gasteiger charge is -2.07. The van der Waals surface area contributed by atoms with E-state index in [1.54, 1.807) is 10.6 Å². The number of benzene rings is 2. The molecule has 29 heavy (non-hydrogen) atoms. The summed E-state index contributed by atoms with van der Waals surface area (Å²) in [7, 11) is 1.81. The average molecular weight is 427 g/mol. The molecule has 0 saturated heterocycles. The van der Waals surface area contributed by atoms with Gasteiger partial charge in [-0.3, -0.25) is 10.1 Å². The quantitative estimate of drug-likeness (QED) is 0.455. The highest BCUT2D eigenvalue weighted by Gasteiger charge is 2.17. The van der Waals surface area contributed by atoms with E-state index in [1.807, 2.05) is 44.3 Å². The number of phenolic OH excluding ortho intramolecular Hbond substituents is 1. The highest BCUT2D eigenvalue weighted by Crippen LogP contribution is 2.33. The van der Waals surface area contributed by atoms with E-state index >= 15 is 0 Å². The number of rotatable bonds is 6. The maximum atomic E-state index is 12.2. The standard InChI is InChI=1S/C19H18N6O2S2/c1-3-16-21-23-18(29-16)20-15(27)10-28-19-24-22-17(25(19)2)13-8-11-6-4-5-7-12(11)9-14(13)26/h4-9,26H,3,10H2,1-2H3,(H,20,23,27). The molecule has 0 atom stereocenters. The Labute approximate surface area is 175 Å². The van der Waals surface area contributed by atoms with E-state index in [4.69, 9.17) is 0 Å². The molecule has 1 amide bonds. The van der Waals surface area contributed by atoms with Crippen molar-refractivity contribution in [2.75, 3.05) is 11.1 Å². The molecule has 0 aliphatic heterocycles. The molecule has 0 unspecified atom stereocenters. The first-order valence-electron chi connectivity index (χ1n) is 8.91. The summed E-state index contributed by atoms with van der Waals surface area (Å²) >= 11 is 2.63. The second kappa shape index (κ2) is 8.18. The van der Waals surface area contributed by atoms with Gasteiger partial charge in [-0.2, -0.15) is 0 Å². The van der Waals surface area contributed by atoms with Crippen molar-refractivity contribution in [3.05, 3.63) is 41.4 Å². The minimum Gasteiger partial charge on any atom is -0.507 e. The Balaban J connectivity index is 1.48. The molecule has 0 aliphatic carbocycles. The zero-order valence-electron chi connectivity index (χ0n) is 15.8. The van der Waals surface area contributed by atoms with Crippen LogP contribution in [-0.2, 0) is 18.3 Å². The van der Waals surface area contributed by atoms with Crippen molar-refractivity contribution in [2.24, 2.45) is 7.05 Å². The Kier molecular flexibility index (Phi) is 5.45. The molecule has 2 aromatic heterocycles. The molecular weight excluding hydrogens is 408 g/mol. The van der Waals surface area contributed by atoms with Crippen molar-refractivity contribution in [2.45, 2.75) is 18.5 Å². The van der Waals surface area contributed by atoms with E-state index in [0.717, 1.165) is 22.2 Å². The molecule has 0 bridgehead atoms. The van der Waals surface area contributed by atoms with E-state index in [0.29, 0.717) is 21.7 Å². The Morgan fingerprint density at radius 2 is 1.93 bits per heavy atom. The maximum absolute atomic E-state index is 12.2. The van der Waals surface area contributed by atoms with Crippen LogP contribution >= 0.6 is 23.1 Å². The largest absolute Gasteiger partial charge is 0.507 e. The molecule has 0 spiro atoms. The minimum atomic E-state index is -0.188. The van der Waals surface area contributed by atoms with Crippen molar-refractivity contribution >= 4 is 44.9 Å². The fourth-order valence-corrected chi connectivity index (χ4v) is 4.22. The summed E-state index contributed by atoms with van der Waals surface area (Å²) in [6.07, 6.45) is 0.783. The lowest BCUT2D eigenvalue weighted by atomic mass is 10.1. The van der Waals surface area contributed by atoms with Gasteiger partial charge in [0.2, 0.25) is 11.0 Å². The number of carbonyl (C=O) groups is 1. The Morgan fingerprint density at radius 1 is 1.17 bits per heavy atom. The van der Waals surface area contributed by atoms with Gasteiger partial charge in [-0.15, -0.1) is 20.4 Å². The SMILES string of the molecule is CCc1nnc(NC(=O)CSc2nnc(-c3cc4ccccc4cc3O)n2C)s1. The molecule has 2 heterocycles. The van der Waals surface area contributed by atoms with Gasteiger partial charge in [0.25, 0.3) is 0 Å². The molecular formula is C19H18N6O2S2. The third-order valence-electron chi connectivity index (χ3n) is 4.29. The van der Waals surface area contributed by atoms with Crippen LogP contribution in [0.25, 0.3) is 22.2 Å². The van der Waals surface area contributed by atoms with Crippen LogP contribution in [0.2, 0.25) is 0 Å². The van der Waals surface area contributed by atoms with Crippen LogP contribution < -0.4 is 5.32 Å². The number of aromatic hydroxyl groups is 1. The number of aryl methyl sites for hydroxylation is 1. The molecule has 10 heteroatoms. The number of phenols is 1. The van der Waals surface area contributed by atoms with E-state index in [1.165, 1.54) is 23.1 Å². The summed E-state index contributed by atoms with van der Waals surface area (Å²) in [5, 5.41) is 33.4. The monoisotopic (exact) mass is 426 g/mol. The first-order valence-corrected chi connectivity index (χ1v) is 10.7.